The van der Waals surface area contributed by atoms with Crippen molar-refractivity contribution in [2.75, 3.05) is 20.3 Å². The Morgan fingerprint density at radius 3 is 2.60 bits per heavy atom. The van der Waals surface area contributed by atoms with Crippen molar-refractivity contribution in [2.24, 2.45) is 4.99 Å². The monoisotopic (exact) mass is 488 g/mol. The number of hydrogen-bond acceptors (Lipinski definition) is 6. The van der Waals surface area contributed by atoms with Crippen molar-refractivity contribution in [3.05, 3.63) is 100 Å². The maximum atomic E-state index is 13.2. The fourth-order valence-corrected chi connectivity index (χ4v) is 4.43. The molecule has 8 heteroatoms. The second-order valence-electron chi connectivity index (χ2n) is 7.62. The van der Waals surface area contributed by atoms with E-state index in [0.29, 0.717) is 29.0 Å². The summed E-state index contributed by atoms with van der Waals surface area (Å²) in [5.74, 6) is -0.545. The number of amides is 1. The van der Waals surface area contributed by atoms with Gasteiger partial charge in [-0.2, -0.15) is 0 Å². The maximum Gasteiger partial charge on any atom is 0.335 e. The zero-order valence-electron chi connectivity index (χ0n) is 19.1. The van der Waals surface area contributed by atoms with E-state index in [9.17, 15) is 14.7 Å². The van der Waals surface area contributed by atoms with Crippen LogP contribution in [0.3, 0.4) is 0 Å². The fraction of sp³-hybridized carbons (Fsp3) is 0.148. The minimum absolute atomic E-state index is 0.148. The second-order valence-corrected chi connectivity index (χ2v) is 8.63. The van der Waals surface area contributed by atoms with E-state index < -0.39 is 5.97 Å². The standard InChI is InChI=1S/C27H24N2O5S/c1-33-15-14-29-25(30)24(35-27(29)28-22-11-3-2-4-12-22)17-20-9-5-6-13-23(20)34-18-19-8-7-10-21(16-19)26(31)32/h2-13,16-17H,14-15,18H2,1H3,(H,31,32)/b24-17+,28-27?. The van der Waals surface area contributed by atoms with Gasteiger partial charge >= 0.3 is 5.97 Å². The zero-order valence-corrected chi connectivity index (χ0v) is 19.9. The molecule has 1 heterocycles. The lowest BCUT2D eigenvalue weighted by molar-refractivity contribution is -0.122. The number of rotatable bonds is 9. The van der Waals surface area contributed by atoms with Gasteiger partial charge < -0.3 is 14.6 Å². The molecule has 0 aliphatic carbocycles. The Labute approximate surface area is 207 Å². The highest BCUT2D eigenvalue weighted by Crippen LogP contribution is 2.35. The summed E-state index contributed by atoms with van der Waals surface area (Å²) in [6.45, 7) is 0.981. The van der Waals surface area contributed by atoms with E-state index >= 15 is 0 Å². The van der Waals surface area contributed by atoms with Gasteiger partial charge in [0.25, 0.3) is 5.91 Å². The van der Waals surface area contributed by atoms with Gasteiger partial charge in [-0.3, -0.25) is 9.69 Å². The molecule has 7 nitrogen and oxygen atoms in total. The second kappa shape index (κ2) is 11.5. The number of ether oxygens (including phenoxy) is 2. The van der Waals surface area contributed by atoms with Gasteiger partial charge in [0.1, 0.15) is 12.4 Å². The Bertz CT molecular complexity index is 1270. The Balaban J connectivity index is 1.58. The first-order valence-electron chi connectivity index (χ1n) is 10.9. The number of carbonyl (C=O) groups is 2. The molecule has 178 valence electrons. The molecule has 0 atom stereocenters. The molecule has 0 saturated carbocycles. The van der Waals surface area contributed by atoms with E-state index in [0.717, 1.165) is 16.8 Å². The summed E-state index contributed by atoms with van der Waals surface area (Å²) in [7, 11) is 1.60. The van der Waals surface area contributed by atoms with Crippen molar-refractivity contribution in [1.29, 1.82) is 0 Å². The van der Waals surface area contributed by atoms with Crippen molar-refractivity contribution in [1.82, 2.24) is 4.90 Å². The molecule has 0 radical (unpaired) electrons. The highest BCUT2D eigenvalue weighted by molar-refractivity contribution is 8.18. The third-order valence-corrected chi connectivity index (χ3v) is 6.17. The molecule has 3 aromatic carbocycles. The average Bonchev–Trinajstić information content (AvgIpc) is 3.16. The molecule has 0 bridgehead atoms. The number of carboxylic acid groups (broad SMARTS) is 1. The number of carboxylic acids is 1. The molecule has 1 N–H and O–H groups in total. The van der Waals surface area contributed by atoms with Gasteiger partial charge in [0.05, 0.1) is 29.3 Å². The average molecular weight is 489 g/mol. The normalized spacial score (nSPS) is 15.7. The van der Waals surface area contributed by atoms with Gasteiger partial charge in [0, 0.05) is 12.7 Å². The lowest BCUT2D eigenvalue weighted by Gasteiger charge is -2.14. The van der Waals surface area contributed by atoms with Gasteiger partial charge in [-0.05, 0) is 53.7 Å². The first-order chi connectivity index (χ1) is 17.0. The quantitative estimate of drug-likeness (QED) is 0.416. The zero-order chi connectivity index (χ0) is 24.6. The van der Waals surface area contributed by atoms with Gasteiger partial charge in [0.2, 0.25) is 0 Å². The number of benzene rings is 3. The first kappa shape index (κ1) is 24.3. The van der Waals surface area contributed by atoms with Gasteiger partial charge in [-0.25, -0.2) is 9.79 Å². The molecular weight excluding hydrogens is 464 g/mol. The van der Waals surface area contributed by atoms with Gasteiger partial charge in [-0.15, -0.1) is 0 Å². The van der Waals surface area contributed by atoms with Crippen molar-refractivity contribution in [3.8, 4) is 5.75 Å². The summed E-state index contributed by atoms with van der Waals surface area (Å²) in [4.78, 5) is 31.3. The van der Waals surface area contributed by atoms with Crippen molar-refractivity contribution < 1.29 is 24.2 Å². The minimum atomic E-state index is -0.986. The summed E-state index contributed by atoms with van der Waals surface area (Å²) >= 11 is 1.31. The van der Waals surface area contributed by atoms with E-state index in [-0.39, 0.29) is 18.1 Å². The van der Waals surface area contributed by atoms with Crippen LogP contribution in [0.25, 0.3) is 6.08 Å². The summed E-state index contributed by atoms with van der Waals surface area (Å²) in [5, 5.41) is 9.80. The van der Waals surface area contributed by atoms with Crippen LogP contribution in [0.15, 0.2) is 88.8 Å². The number of carbonyl (C=O) groups excluding carboxylic acids is 1. The lowest BCUT2D eigenvalue weighted by Crippen LogP contribution is -2.32. The third kappa shape index (κ3) is 6.17. The Kier molecular flexibility index (Phi) is 7.97. The van der Waals surface area contributed by atoms with Crippen LogP contribution in [0.5, 0.6) is 5.75 Å². The van der Waals surface area contributed by atoms with Crippen molar-refractivity contribution in [3.63, 3.8) is 0 Å². The van der Waals surface area contributed by atoms with Crippen LogP contribution in [0, 0.1) is 0 Å². The lowest BCUT2D eigenvalue weighted by atomic mass is 10.1. The van der Waals surface area contributed by atoms with Crippen LogP contribution < -0.4 is 4.74 Å². The SMILES string of the molecule is COCCN1C(=O)/C(=C\c2ccccc2OCc2cccc(C(=O)O)c2)SC1=Nc1ccccc1. The number of para-hydroxylation sites is 2. The largest absolute Gasteiger partial charge is 0.488 e. The van der Waals surface area contributed by atoms with Crippen LogP contribution in [0.2, 0.25) is 0 Å². The van der Waals surface area contributed by atoms with Gasteiger partial charge in [-0.1, -0.05) is 48.5 Å². The molecule has 1 fully saturated rings. The molecule has 0 spiro atoms. The highest BCUT2D eigenvalue weighted by Gasteiger charge is 2.33. The van der Waals surface area contributed by atoms with E-state index in [1.807, 2.05) is 60.7 Å². The number of methoxy groups -OCH3 is 1. The molecule has 4 rings (SSSR count). The molecule has 0 aromatic heterocycles. The number of amidine groups is 1. The molecule has 1 aliphatic heterocycles. The molecule has 3 aromatic rings. The third-order valence-electron chi connectivity index (χ3n) is 5.16. The van der Waals surface area contributed by atoms with E-state index in [2.05, 4.69) is 4.99 Å². The van der Waals surface area contributed by atoms with Crippen LogP contribution in [0.4, 0.5) is 5.69 Å². The van der Waals surface area contributed by atoms with Crippen LogP contribution in [-0.4, -0.2) is 47.3 Å². The van der Waals surface area contributed by atoms with Gasteiger partial charge in [0.15, 0.2) is 5.17 Å². The van der Waals surface area contributed by atoms with E-state index in [1.165, 1.54) is 17.8 Å². The summed E-state index contributed by atoms with van der Waals surface area (Å²) in [6, 6.07) is 23.5. The Hall–Kier alpha value is -3.88. The number of thioether (sulfide) groups is 1. The summed E-state index contributed by atoms with van der Waals surface area (Å²) < 4.78 is 11.2. The maximum absolute atomic E-state index is 13.2. The smallest absolute Gasteiger partial charge is 0.335 e. The Morgan fingerprint density at radius 1 is 1.06 bits per heavy atom. The number of hydrogen-bond donors (Lipinski definition) is 1. The molecule has 1 saturated heterocycles. The molecular formula is C27H24N2O5S. The summed E-state index contributed by atoms with van der Waals surface area (Å²) in [5.41, 5.74) is 2.45. The van der Waals surface area contributed by atoms with Crippen LogP contribution in [0.1, 0.15) is 21.5 Å². The summed E-state index contributed by atoms with van der Waals surface area (Å²) in [6.07, 6.45) is 1.79. The van der Waals surface area contributed by atoms with Crippen LogP contribution >= 0.6 is 11.8 Å². The number of aliphatic imine (C=N–C) groups is 1. The number of aromatic carboxylic acids is 1. The van der Waals surface area contributed by atoms with E-state index in [4.69, 9.17) is 9.47 Å². The van der Waals surface area contributed by atoms with Crippen molar-refractivity contribution in [2.45, 2.75) is 6.61 Å². The van der Waals surface area contributed by atoms with Crippen molar-refractivity contribution >= 4 is 40.6 Å². The highest BCUT2D eigenvalue weighted by atomic mass is 32.2. The fourth-order valence-electron chi connectivity index (χ4n) is 3.41. The first-order valence-corrected chi connectivity index (χ1v) is 11.7. The molecule has 0 unspecified atom stereocenters. The molecule has 35 heavy (non-hydrogen) atoms. The van der Waals surface area contributed by atoms with E-state index in [1.54, 1.807) is 30.2 Å². The molecule has 1 amide bonds. The predicted molar refractivity (Wildman–Crippen MR) is 137 cm³/mol. The predicted octanol–water partition coefficient (Wildman–Crippen LogP) is 5.21. The van der Waals surface area contributed by atoms with Crippen LogP contribution in [-0.2, 0) is 16.1 Å². The topological polar surface area (TPSA) is 88.4 Å². The number of nitrogens with zero attached hydrogens (tertiary/aromatic N) is 2. The molecule has 1 aliphatic rings. The minimum Gasteiger partial charge on any atom is -0.488 e. The Morgan fingerprint density at radius 2 is 1.83 bits per heavy atom.